The van der Waals surface area contributed by atoms with E-state index in [2.05, 4.69) is 20.8 Å². The quantitative estimate of drug-likeness (QED) is 0.624. The molecule has 0 atom stereocenters. The van der Waals surface area contributed by atoms with Crippen LogP contribution in [0.2, 0.25) is 0 Å². The third-order valence-corrected chi connectivity index (χ3v) is 6.30. The summed E-state index contributed by atoms with van der Waals surface area (Å²) in [4.78, 5) is 28.1. The molecular weight excluding hydrogens is 348 g/mol. The molecule has 2 heterocycles. The molecule has 0 saturated heterocycles. The molecule has 1 aliphatic heterocycles. The van der Waals surface area contributed by atoms with Crippen molar-refractivity contribution in [3.8, 4) is 0 Å². The second-order valence-corrected chi connectivity index (χ2v) is 8.81. The summed E-state index contributed by atoms with van der Waals surface area (Å²) in [7, 11) is 0. The average molecular weight is 372 g/mol. The normalized spacial score (nSPS) is 14.1. The van der Waals surface area contributed by atoms with Crippen LogP contribution in [0.3, 0.4) is 0 Å². The zero-order chi connectivity index (χ0) is 19.1. The predicted molar refractivity (Wildman–Crippen MR) is 102 cm³/mol. The number of hydrogen-bond donors (Lipinski definition) is 2. The van der Waals surface area contributed by atoms with Crippen molar-refractivity contribution >= 4 is 23.2 Å². The van der Waals surface area contributed by atoms with Crippen LogP contribution in [0.1, 0.15) is 62.4 Å². The first-order chi connectivity index (χ1) is 12.2. The maximum atomic E-state index is 12.9. The summed E-state index contributed by atoms with van der Waals surface area (Å²) in [5, 5.41) is 8.88. The molecule has 0 fully saturated rings. The monoisotopic (exact) mass is 372 g/mol. The minimum Gasteiger partial charge on any atom is -0.334 e. The van der Waals surface area contributed by atoms with Gasteiger partial charge >= 0.3 is 0 Å². The lowest BCUT2D eigenvalue weighted by Gasteiger charge is -2.28. The van der Waals surface area contributed by atoms with E-state index < -0.39 is 5.91 Å². The van der Waals surface area contributed by atoms with Gasteiger partial charge in [-0.3, -0.25) is 14.8 Å². The molecule has 5 nitrogen and oxygen atoms in total. The van der Waals surface area contributed by atoms with Crippen LogP contribution >= 0.6 is 11.3 Å². The number of rotatable bonds is 2. The van der Waals surface area contributed by atoms with Crippen LogP contribution in [-0.2, 0) is 18.4 Å². The smallest absolute Gasteiger partial charge is 0.284 e. The molecule has 138 valence electrons. The van der Waals surface area contributed by atoms with Gasteiger partial charge in [-0.1, -0.05) is 32.9 Å². The number of carbonyl (C=O) groups is 2. The number of benzene rings is 1. The highest BCUT2D eigenvalue weighted by Gasteiger charge is 2.28. The summed E-state index contributed by atoms with van der Waals surface area (Å²) in [6.45, 7) is 9.44. The lowest BCUT2D eigenvalue weighted by atomic mass is 9.86. The van der Waals surface area contributed by atoms with Gasteiger partial charge in [0.2, 0.25) is 0 Å². The van der Waals surface area contributed by atoms with Crippen molar-refractivity contribution in [2.24, 2.45) is 0 Å². The maximum Gasteiger partial charge on any atom is 0.284 e. The molecule has 2 amide bonds. The van der Waals surface area contributed by atoms with Crippen molar-refractivity contribution < 1.29 is 14.8 Å². The molecule has 2 N–H and O–H groups in total. The van der Waals surface area contributed by atoms with Crippen LogP contribution in [0.5, 0.6) is 0 Å². The number of amides is 2. The Hall–Kier alpha value is -2.18. The molecule has 0 unspecified atom stereocenters. The van der Waals surface area contributed by atoms with Crippen LogP contribution in [-0.4, -0.2) is 28.5 Å². The van der Waals surface area contributed by atoms with E-state index in [4.69, 9.17) is 5.21 Å². The highest BCUT2D eigenvalue weighted by atomic mass is 32.1. The summed E-state index contributed by atoms with van der Waals surface area (Å²) in [5.41, 5.74) is 5.51. The van der Waals surface area contributed by atoms with Crippen molar-refractivity contribution in [3.05, 3.63) is 56.3 Å². The van der Waals surface area contributed by atoms with Gasteiger partial charge in [0.25, 0.3) is 11.8 Å². The van der Waals surface area contributed by atoms with Crippen molar-refractivity contribution in [3.63, 3.8) is 0 Å². The van der Waals surface area contributed by atoms with Crippen molar-refractivity contribution in [2.75, 3.05) is 6.54 Å². The van der Waals surface area contributed by atoms with Gasteiger partial charge in [-0.2, -0.15) is 0 Å². The van der Waals surface area contributed by atoms with Gasteiger partial charge in [-0.15, -0.1) is 11.3 Å². The molecule has 0 aliphatic carbocycles. The number of hydrogen-bond acceptors (Lipinski definition) is 4. The van der Waals surface area contributed by atoms with E-state index in [1.165, 1.54) is 16.9 Å². The second-order valence-electron chi connectivity index (χ2n) is 7.70. The van der Waals surface area contributed by atoms with Gasteiger partial charge in [0.05, 0.1) is 4.88 Å². The Morgan fingerprint density at radius 1 is 1.19 bits per heavy atom. The highest BCUT2D eigenvalue weighted by molar-refractivity contribution is 7.14. The van der Waals surface area contributed by atoms with E-state index in [1.54, 1.807) is 5.48 Å². The largest absolute Gasteiger partial charge is 0.334 e. The zero-order valence-electron chi connectivity index (χ0n) is 15.5. The van der Waals surface area contributed by atoms with E-state index in [0.29, 0.717) is 23.5 Å². The predicted octanol–water partition coefficient (Wildman–Crippen LogP) is 3.67. The van der Waals surface area contributed by atoms with E-state index in [0.717, 1.165) is 22.4 Å². The molecule has 0 spiro atoms. The molecule has 0 saturated carbocycles. The van der Waals surface area contributed by atoms with Gasteiger partial charge in [-0.05, 0) is 47.6 Å². The Bertz CT molecular complexity index is 847. The van der Waals surface area contributed by atoms with Crippen molar-refractivity contribution in [2.45, 2.75) is 46.1 Å². The minimum absolute atomic E-state index is 0.00914. The Morgan fingerprint density at radius 3 is 2.42 bits per heavy atom. The number of hydroxylamine groups is 1. The topological polar surface area (TPSA) is 69.6 Å². The number of carbonyl (C=O) groups excluding carboxylic acids is 2. The van der Waals surface area contributed by atoms with E-state index in [1.807, 2.05) is 36.1 Å². The Balaban J connectivity index is 1.81. The fourth-order valence-electron chi connectivity index (χ4n) is 3.26. The summed E-state index contributed by atoms with van der Waals surface area (Å²) < 4.78 is 0. The summed E-state index contributed by atoms with van der Waals surface area (Å²) in [6.07, 6.45) is 0.728. The fourth-order valence-corrected chi connectivity index (χ4v) is 4.45. The standard InChI is InChI=1S/C20H24N2O3S/c1-12-15-11-22(10-9-16(15)26-17(12)18(23)21-25)19(24)13-5-7-14(8-6-13)20(2,3)4/h5-8,25H,9-11H2,1-4H3,(H,21,23). The first-order valence-corrected chi connectivity index (χ1v) is 9.49. The minimum atomic E-state index is -0.488. The molecule has 3 rings (SSSR count). The molecule has 26 heavy (non-hydrogen) atoms. The van der Waals surface area contributed by atoms with Crippen molar-refractivity contribution in [1.29, 1.82) is 0 Å². The average Bonchev–Trinajstić information content (AvgIpc) is 2.96. The van der Waals surface area contributed by atoms with Gasteiger partial charge in [0.15, 0.2) is 0 Å². The van der Waals surface area contributed by atoms with Crippen LogP contribution in [0.4, 0.5) is 0 Å². The maximum absolute atomic E-state index is 12.9. The first-order valence-electron chi connectivity index (χ1n) is 8.67. The molecule has 2 aromatic rings. The van der Waals surface area contributed by atoms with Gasteiger partial charge in [0.1, 0.15) is 0 Å². The Morgan fingerprint density at radius 2 is 1.85 bits per heavy atom. The SMILES string of the molecule is Cc1c(C(=O)NO)sc2c1CN(C(=O)c1ccc(C(C)(C)C)cc1)CC2. The summed E-state index contributed by atoms with van der Waals surface area (Å²) in [6, 6.07) is 7.82. The zero-order valence-corrected chi connectivity index (χ0v) is 16.4. The third kappa shape index (κ3) is 3.39. The van der Waals surface area contributed by atoms with Crippen LogP contribution in [0, 0.1) is 6.92 Å². The summed E-state index contributed by atoms with van der Waals surface area (Å²) in [5.74, 6) is -0.479. The van der Waals surface area contributed by atoms with Crippen LogP contribution < -0.4 is 5.48 Å². The molecule has 0 radical (unpaired) electrons. The van der Waals surface area contributed by atoms with Crippen molar-refractivity contribution in [1.82, 2.24) is 10.4 Å². The fraction of sp³-hybridized carbons (Fsp3) is 0.400. The number of fused-ring (bicyclic) bond motifs is 1. The lowest BCUT2D eigenvalue weighted by Crippen LogP contribution is -2.35. The van der Waals surface area contributed by atoms with Crippen LogP contribution in [0.25, 0.3) is 0 Å². The molecule has 6 heteroatoms. The molecule has 0 bridgehead atoms. The third-order valence-electron chi connectivity index (χ3n) is 4.91. The number of nitrogens with zero attached hydrogens (tertiary/aromatic N) is 1. The molecule has 1 aliphatic rings. The highest BCUT2D eigenvalue weighted by Crippen LogP contribution is 2.33. The molecular formula is C20H24N2O3S. The van der Waals surface area contributed by atoms with E-state index >= 15 is 0 Å². The van der Waals surface area contributed by atoms with Crippen LogP contribution in [0.15, 0.2) is 24.3 Å². The Kier molecular flexibility index (Phi) is 4.90. The first kappa shape index (κ1) is 18.6. The molecule has 1 aromatic heterocycles. The van der Waals surface area contributed by atoms with Gasteiger partial charge in [0, 0.05) is 23.5 Å². The number of thiophene rings is 1. The molecule has 1 aromatic carbocycles. The van der Waals surface area contributed by atoms with E-state index in [-0.39, 0.29) is 11.3 Å². The van der Waals surface area contributed by atoms with E-state index in [9.17, 15) is 9.59 Å². The summed E-state index contributed by atoms with van der Waals surface area (Å²) >= 11 is 1.40. The lowest BCUT2D eigenvalue weighted by molar-refractivity contribution is 0.0710. The second kappa shape index (κ2) is 6.85. The van der Waals surface area contributed by atoms with Gasteiger partial charge in [-0.25, -0.2) is 5.48 Å². The number of nitrogens with one attached hydrogen (secondary N) is 1. The van der Waals surface area contributed by atoms with Gasteiger partial charge < -0.3 is 4.90 Å². The Labute approximate surface area is 157 Å².